The lowest BCUT2D eigenvalue weighted by atomic mass is 9.98. The van der Waals surface area contributed by atoms with Gasteiger partial charge in [0.05, 0.1) is 6.04 Å². The van der Waals surface area contributed by atoms with Gasteiger partial charge in [-0.05, 0) is 39.8 Å². The van der Waals surface area contributed by atoms with Crippen LogP contribution >= 0.6 is 0 Å². The van der Waals surface area contributed by atoms with Crippen LogP contribution in [0.3, 0.4) is 0 Å². The lowest BCUT2D eigenvalue weighted by molar-refractivity contribution is -0.147. The van der Waals surface area contributed by atoms with Crippen molar-refractivity contribution in [3.63, 3.8) is 0 Å². The van der Waals surface area contributed by atoms with Gasteiger partial charge >= 0.3 is 12.0 Å². The average molecular weight is 255 g/mol. The molecule has 0 aromatic rings. The zero-order valence-corrected chi connectivity index (χ0v) is 11.1. The zero-order valence-electron chi connectivity index (χ0n) is 11.1. The van der Waals surface area contributed by atoms with Crippen molar-refractivity contribution in [2.24, 2.45) is 5.92 Å². The molecule has 2 saturated heterocycles. The highest BCUT2D eigenvalue weighted by molar-refractivity contribution is 5.87. The summed E-state index contributed by atoms with van der Waals surface area (Å²) in [5.41, 5.74) is -1.15. The van der Waals surface area contributed by atoms with Crippen LogP contribution in [0.15, 0.2) is 0 Å². The third-order valence-electron chi connectivity index (χ3n) is 4.13. The van der Waals surface area contributed by atoms with Gasteiger partial charge in [-0.3, -0.25) is 0 Å². The van der Waals surface area contributed by atoms with E-state index in [9.17, 15) is 14.7 Å². The summed E-state index contributed by atoms with van der Waals surface area (Å²) >= 11 is 0. The van der Waals surface area contributed by atoms with Crippen molar-refractivity contribution in [2.45, 2.75) is 31.8 Å². The Labute approximate surface area is 107 Å². The maximum absolute atomic E-state index is 11.9. The Kier molecular flexibility index (Phi) is 3.23. The molecule has 102 valence electrons. The molecule has 2 rings (SSSR count). The fourth-order valence-corrected chi connectivity index (χ4v) is 2.72. The van der Waals surface area contributed by atoms with Crippen LogP contribution in [0.4, 0.5) is 4.79 Å². The summed E-state index contributed by atoms with van der Waals surface area (Å²) in [6, 6.07) is -0.192. The number of nitrogens with zero attached hydrogens (tertiary/aromatic N) is 2. The summed E-state index contributed by atoms with van der Waals surface area (Å²) in [4.78, 5) is 26.8. The number of aliphatic carboxylic acids is 1. The molecule has 2 aliphatic rings. The average Bonchev–Trinajstić information content (AvgIpc) is 2.84. The Hall–Kier alpha value is -1.30. The van der Waals surface area contributed by atoms with E-state index in [1.165, 1.54) is 4.90 Å². The van der Waals surface area contributed by atoms with Crippen molar-refractivity contribution < 1.29 is 14.7 Å². The van der Waals surface area contributed by atoms with Crippen molar-refractivity contribution in [2.75, 3.05) is 26.7 Å². The molecule has 2 amide bonds. The minimum atomic E-state index is -1.15. The Morgan fingerprint density at radius 1 is 1.44 bits per heavy atom. The minimum absolute atomic E-state index is 0.0704. The zero-order chi connectivity index (χ0) is 13.5. The number of carboxylic acids is 1. The van der Waals surface area contributed by atoms with Crippen LogP contribution in [0.1, 0.15) is 20.3 Å². The number of carboxylic acid groups (broad SMARTS) is 1. The van der Waals surface area contributed by atoms with Crippen LogP contribution in [0.2, 0.25) is 0 Å². The van der Waals surface area contributed by atoms with Crippen molar-refractivity contribution in [3.8, 4) is 0 Å². The predicted molar refractivity (Wildman–Crippen MR) is 66.3 cm³/mol. The summed E-state index contributed by atoms with van der Waals surface area (Å²) in [7, 11) is 2.07. The van der Waals surface area contributed by atoms with Crippen LogP contribution in [-0.2, 0) is 4.79 Å². The molecule has 2 fully saturated rings. The van der Waals surface area contributed by atoms with E-state index in [1.807, 2.05) is 0 Å². The molecule has 6 nitrogen and oxygen atoms in total. The first-order chi connectivity index (χ1) is 8.32. The molecular weight excluding hydrogens is 234 g/mol. The summed E-state index contributed by atoms with van der Waals surface area (Å²) in [6.07, 6.45) is 1.06. The second kappa shape index (κ2) is 4.42. The first kappa shape index (κ1) is 13.1. The van der Waals surface area contributed by atoms with Gasteiger partial charge in [-0.1, -0.05) is 0 Å². The molecule has 0 bridgehead atoms. The second-order valence-corrected chi connectivity index (χ2v) is 5.84. The predicted octanol–water partition coefficient (Wildman–Crippen LogP) is 0.195. The third-order valence-corrected chi connectivity index (χ3v) is 4.13. The quantitative estimate of drug-likeness (QED) is 0.755. The molecule has 2 unspecified atom stereocenters. The number of likely N-dealkylation sites (tertiary alicyclic amines) is 1. The van der Waals surface area contributed by atoms with Gasteiger partial charge in [-0.25, -0.2) is 9.59 Å². The Bertz CT molecular complexity index is 370. The van der Waals surface area contributed by atoms with Gasteiger partial charge in [0, 0.05) is 13.1 Å². The smallest absolute Gasteiger partial charge is 0.329 e. The van der Waals surface area contributed by atoms with Crippen LogP contribution in [0.25, 0.3) is 0 Å². The van der Waals surface area contributed by atoms with Crippen molar-refractivity contribution in [1.82, 2.24) is 15.1 Å². The van der Waals surface area contributed by atoms with Gasteiger partial charge in [0.2, 0.25) is 0 Å². The van der Waals surface area contributed by atoms with Gasteiger partial charge < -0.3 is 20.2 Å². The van der Waals surface area contributed by atoms with E-state index in [1.54, 1.807) is 13.8 Å². The largest absolute Gasteiger partial charge is 0.480 e. The van der Waals surface area contributed by atoms with E-state index in [2.05, 4.69) is 17.3 Å². The number of hydrogen-bond donors (Lipinski definition) is 2. The number of rotatable bonds is 3. The molecule has 2 heterocycles. The number of carbonyl (C=O) groups is 2. The van der Waals surface area contributed by atoms with E-state index in [4.69, 9.17) is 0 Å². The topological polar surface area (TPSA) is 72.9 Å². The summed E-state index contributed by atoms with van der Waals surface area (Å²) < 4.78 is 0. The standard InChI is InChI=1S/C12H21N3O3/c1-12(2,10(16)17)15-7-9(13-11(15)18)8-4-5-14(3)6-8/h8-9H,4-7H2,1-3H3,(H,13,18)(H,16,17). The van der Waals surface area contributed by atoms with Crippen LogP contribution < -0.4 is 5.32 Å². The highest BCUT2D eigenvalue weighted by Crippen LogP contribution is 2.26. The lowest BCUT2D eigenvalue weighted by Crippen LogP contribution is -2.51. The monoisotopic (exact) mass is 255 g/mol. The second-order valence-electron chi connectivity index (χ2n) is 5.84. The number of hydrogen-bond acceptors (Lipinski definition) is 3. The number of urea groups is 1. The highest BCUT2D eigenvalue weighted by atomic mass is 16.4. The fourth-order valence-electron chi connectivity index (χ4n) is 2.72. The normalized spacial score (nSPS) is 29.7. The molecule has 0 spiro atoms. The highest BCUT2D eigenvalue weighted by Gasteiger charge is 2.45. The van der Waals surface area contributed by atoms with E-state index >= 15 is 0 Å². The molecule has 18 heavy (non-hydrogen) atoms. The maximum Gasteiger partial charge on any atom is 0.329 e. The van der Waals surface area contributed by atoms with E-state index in [0.29, 0.717) is 12.5 Å². The molecule has 6 heteroatoms. The molecule has 0 aliphatic carbocycles. The first-order valence-electron chi connectivity index (χ1n) is 6.32. The number of nitrogens with one attached hydrogen (secondary N) is 1. The van der Waals surface area contributed by atoms with Crippen molar-refractivity contribution in [1.29, 1.82) is 0 Å². The first-order valence-corrected chi connectivity index (χ1v) is 6.32. The lowest BCUT2D eigenvalue weighted by Gasteiger charge is -2.30. The third kappa shape index (κ3) is 2.16. The summed E-state index contributed by atoms with van der Waals surface area (Å²) in [6.45, 7) is 5.62. The Balaban J connectivity index is 2.05. The molecule has 0 aromatic carbocycles. The molecule has 2 atom stereocenters. The molecule has 2 aliphatic heterocycles. The van der Waals surface area contributed by atoms with Crippen LogP contribution in [0, 0.1) is 5.92 Å². The van der Waals surface area contributed by atoms with E-state index < -0.39 is 11.5 Å². The van der Waals surface area contributed by atoms with Gasteiger partial charge in [0.25, 0.3) is 0 Å². The molecule has 2 N–H and O–H groups in total. The number of carbonyl (C=O) groups excluding carboxylic acids is 1. The maximum atomic E-state index is 11.9. The minimum Gasteiger partial charge on any atom is -0.480 e. The van der Waals surface area contributed by atoms with Gasteiger partial charge in [-0.2, -0.15) is 0 Å². The van der Waals surface area contributed by atoms with Crippen LogP contribution in [-0.4, -0.2) is 65.2 Å². The number of amides is 2. The molecule has 0 saturated carbocycles. The van der Waals surface area contributed by atoms with Crippen molar-refractivity contribution >= 4 is 12.0 Å². The van der Waals surface area contributed by atoms with E-state index in [0.717, 1.165) is 19.5 Å². The summed E-state index contributed by atoms with van der Waals surface area (Å²) in [5, 5.41) is 12.1. The Morgan fingerprint density at radius 2 is 2.11 bits per heavy atom. The van der Waals surface area contributed by atoms with Gasteiger partial charge in [0.15, 0.2) is 0 Å². The molecular formula is C12H21N3O3. The van der Waals surface area contributed by atoms with Crippen LogP contribution in [0.5, 0.6) is 0 Å². The SMILES string of the molecule is CN1CCC(C2CN(C(C)(C)C(=O)O)C(=O)N2)C1. The fraction of sp³-hybridized carbons (Fsp3) is 0.833. The molecule has 0 radical (unpaired) electrons. The Morgan fingerprint density at radius 3 is 2.61 bits per heavy atom. The van der Waals surface area contributed by atoms with Gasteiger partial charge in [0.1, 0.15) is 5.54 Å². The van der Waals surface area contributed by atoms with Crippen molar-refractivity contribution in [3.05, 3.63) is 0 Å². The van der Waals surface area contributed by atoms with Gasteiger partial charge in [-0.15, -0.1) is 0 Å². The molecule has 0 aromatic heterocycles. The summed E-state index contributed by atoms with van der Waals surface area (Å²) in [5.74, 6) is -0.546. The van der Waals surface area contributed by atoms with E-state index in [-0.39, 0.29) is 12.1 Å².